The zero-order valence-electron chi connectivity index (χ0n) is 14.2. The summed E-state index contributed by atoms with van der Waals surface area (Å²) in [5.41, 5.74) is 1.81. The molecular formula is C18H21NO5S. The Balaban J connectivity index is 2.07. The average molecular weight is 363 g/mol. The molecule has 0 fully saturated rings. The zero-order valence-corrected chi connectivity index (χ0v) is 15.0. The van der Waals surface area contributed by atoms with E-state index in [-0.39, 0.29) is 17.0 Å². The molecule has 25 heavy (non-hydrogen) atoms. The van der Waals surface area contributed by atoms with E-state index in [9.17, 15) is 13.2 Å². The Labute approximate surface area is 147 Å². The van der Waals surface area contributed by atoms with Crippen LogP contribution in [0.1, 0.15) is 34.8 Å². The Morgan fingerprint density at radius 1 is 1.16 bits per heavy atom. The summed E-state index contributed by atoms with van der Waals surface area (Å²) >= 11 is 0. The van der Waals surface area contributed by atoms with Crippen molar-refractivity contribution in [1.29, 1.82) is 0 Å². The summed E-state index contributed by atoms with van der Waals surface area (Å²) in [5, 5.41) is 8.86. The predicted octanol–water partition coefficient (Wildman–Crippen LogP) is 2.96. The van der Waals surface area contributed by atoms with Gasteiger partial charge in [0.25, 0.3) is 0 Å². The second-order valence-electron chi connectivity index (χ2n) is 5.59. The normalized spacial score (nSPS) is 11.3. The van der Waals surface area contributed by atoms with Crippen LogP contribution < -0.4 is 9.46 Å². The molecule has 0 spiro atoms. The molecule has 0 aliphatic carbocycles. The first-order valence-corrected chi connectivity index (χ1v) is 9.37. The summed E-state index contributed by atoms with van der Waals surface area (Å²) < 4.78 is 32.7. The number of carboxylic acids is 1. The molecule has 0 amide bonds. The van der Waals surface area contributed by atoms with Gasteiger partial charge in [0.2, 0.25) is 10.0 Å². The number of hydrogen-bond donors (Lipinski definition) is 2. The van der Waals surface area contributed by atoms with Gasteiger partial charge in [0.1, 0.15) is 5.75 Å². The minimum absolute atomic E-state index is 0.0260. The van der Waals surface area contributed by atoms with Gasteiger partial charge in [0.15, 0.2) is 0 Å². The van der Waals surface area contributed by atoms with Gasteiger partial charge in [0.05, 0.1) is 17.1 Å². The highest BCUT2D eigenvalue weighted by atomic mass is 32.2. The topological polar surface area (TPSA) is 92.7 Å². The van der Waals surface area contributed by atoms with Crippen molar-refractivity contribution in [2.24, 2.45) is 0 Å². The van der Waals surface area contributed by atoms with Gasteiger partial charge < -0.3 is 9.84 Å². The van der Waals surface area contributed by atoms with Crippen LogP contribution in [-0.4, -0.2) is 26.1 Å². The summed E-state index contributed by atoms with van der Waals surface area (Å²) in [6, 6.07) is 10.6. The van der Waals surface area contributed by atoms with E-state index in [2.05, 4.69) is 4.72 Å². The van der Waals surface area contributed by atoms with Crippen LogP contribution in [0.5, 0.6) is 5.75 Å². The molecule has 134 valence electrons. The van der Waals surface area contributed by atoms with Crippen LogP contribution in [0.3, 0.4) is 0 Å². The third-order valence-electron chi connectivity index (χ3n) is 3.65. The van der Waals surface area contributed by atoms with E-state index in [0.29, 0.717) is 6.61 Å². The van der Waals surface area contributed by atoms with Gasteiger partial charge in [-0.3, -0.25) is 0 Å². The molecule has 6 nitrogen and oxygen atoms in total. The number of hydrogen-bond acceptors (Lipinski definition) is 4. The number of sulfonamides is 1. The Morgan fingerprint density at radius 2 is 1.84 bits per heavy atom. The second kappa shape index (κ2) is 8.13. The zero-order chi connectivity index (χ0) is 18.4. The maximum Gasteiger partial charge on any atom is 0.335 e. The summed E-state index contributed by atoms with van der Waals surface area (Å²) in [6.45, 7) is 4.70. The van der Waals surface area contributed by atoms with Crippen LogP contribution in [-0.2, 0) is 16.6 Å². The lowest BCUT2D eigenvalue weighted by atomic mass is 10.1. The van der Waals surface area contributed by atoms with Crippen LogP contribution in [0, 0.1) is 6.92 Å². The average Bonchev–Trinajstić information content (AvgIpc) is 2.59. The van der Waals surface area contributed by atoms with Gasteiger partial charge in [-0.1, -0.05) is 13.0 Å². The number of rotatable bonds is 8. The Kier molecular flexibility index (Phi) is 6.17. The van der Waals surface area contributed by atoms with E-state index < -0.39 is 16.0 Å². The lowest BCUT2D eigenvalue weighted by molar-refractivity contribution is 0.0696. The molecule has 7 heteroatoms. The number of aromatic carboxylic acids is 1. The monoisotopic (exact) mass is 363 g/mol. The summed E-state index contributed by atoms with van der Waals surface area (Å²) in [7, 11) is -3.72. The molecule has 2 aromatic carbocycles. The van der Waals surface area contributed by atoms with Crippen molar-refractivity contribution in [3.63, 3.8) is 0 Å². The molecule has 0 bridgehead atoms. The molecule has 0 heterocycles. The first kappa shape index (κ1) is 19.0. The molecule has 0 aliphatic heterocycles. The van der Waals surface area contributed by atoms with Crippen LogP contribution in [0.2, 0.25) is 0 Å². The number of benzene rings is 2. The highest BCUT2D eigenvalue weighted by Gasteiger charge is 2.15. The van der Waals surface area contributed by atoms with Crippen molar-refractivity contribution in [3.8, 4) is 5.75 Å². The van der Waals surface area contributed by atoms with E-state index in [1.54, 1.807) is 0 Å². The SMILES string of the molecule is CCCOc1ccc(CNS(=O)(=O)c2ccc(C(=O)O)cc2)c(C)c1. The van der Waals surface area contributed by atoms with Crippen molar-refractivity contribution in [2.45, 2.75) is 31.7 Å². The standard InChI is InChI=1S/C18H21NO5S/c1-3-10-24-16-7-4-15(13(2)11-16)12-19-25(22,23)17-8-5-14(6-9-17)18(20)21/h4-9,11,19H,3,10,12H2,1-2H3,(H,20,21). The lowest BCUT2D eigenvalue weighted by Gasteiger charge is -2.11. The molecule has 2 rings (SSSR count). The minimum Gasteiger partial charge on any atom is -0.494 e. The van der Waals surface area contributed by atoms with Gasteiger partial charge in [0, 0.05) is 6.54 Å². The van der Waals surface area contributed by atoms with E-state index in [1.165, 1.54) is 24.3 Å². The van der Waals surface area contributed by atoms with Gasteiger partial charge in [-0.25, -0.2) is 17.9 Å². The van der Waals surface area contributed by atoms with Crippen LogP contribution >= 0.6 is 0 Å². The fraction of sp³-hybridized carbons (Fsp3) is 0.278. The number of aryl methyl sites for hydroxylation is 1. The van der Waals surface area contributed by atoms with Crippen molar-refractivity contribution in [1.82, 2.24) is 4.72 Å². The fourth-order valence-corrected chi connectivity index (χ4v) is 3.22. The summed E-state index contributed by atoms with van der Waals surface area (Å²) in [4.78, 5) is 10.9. The second-order valence-corrected chi connectivity index (χ2v) is 7.36. The molecule has 0 unspecified atom stereocenters. The van der Waals surface area contributed by atoms with Crippen LogP contribution in [0.4, 0.5) is 0 Å². The lowest BCUT2D eigenvalue weighted by Crippen LogP contribution is -2.23. The van der Waals surface area contributed by atoms with Crippen molar-refractivity contribution in [2.75, 3.05) is 6.61 Å². The fourth-order valence-electron chi connectivity index (χ4n) is 2.21. The maximum absolute atomic E-state index is 12.3. The van der Waals surface area contributed by atoms with E-state index in [1.807, 2.05) is 32.0 Å². The molecule has 0 aliphatic rings. The maximum atomic E-state index is 12.3. The first-order chi connectivity index (χ1) is 11.8. The largest absolute Gasteiger partial charge is 0.494 e. The molecule has 2 N–H and O–H groups in total. The van der Waals surface area contributed by atoms with Crippen molar-refractivity contribution < 1.29 is 23.1 Å². The van der Waals surface area contributed by atoms with Gasteiger partial charge in [-0.05, 0) is 60.9 Å². The minimum atomic E-state index is -3.72. The van der Waals surface area contributed by atoms with Gasteiger partial charge >= 0.3 is 5.97 Å². The molecule has 0 aromatic heterocycles. The molecule has 0 radical (unpaired) electrons. The summed E-state index contributed by atoms with van der Waals surface area (Å²) in [5.74, 6) is -0.340. The Hall–Kier alpha value is -2.38. The number of carbonyl (C=O) groups is 1. The number of nitrogens with one attached hydrogen (secondary N) is 1. The molecular weight excluding hydrogens is 342 g/mol. The first-order valence-electron chi connectivity index (χ1n) is 7.89. The molecule has 0 atom stereocenters. The smallest absolute Gasteiger partial charge is 0.335 e. The summed E-state index contributed by atoms with van der Waals surface area (Å²) in [6.07, 6.45) is 0.918. The van der Waals surface area contributed by atoms with E-state index in [4.69, 9.17) is 9.84 Å². The Bertz CT molecular complexity index is 844. The molecule has 0 saturated heterocycles. The predicted molar refractivity (Wildman–Crippen MR) is 94.4 cm³/mol. The third-order valence-corrected chi connectivity index (χ3v) is 5.07. The van der Waals surface area contributed by atoms with Crippen molar-refractivity contribution >= 4 is 16.0 Å². The number of ether oxygens (including phenoxy) is 1. The van der Waals surface area contributed by atoms with E-state index >= 15 is 0 Å². The van der Waals surface area contributed by atoms with Crippen molar-refractivity contribution in [3.05, 3.63) is 59.2 Å². The molecule has 2 aromatic rings. The van der Waals surface area contributed by atoms with Gasteiger partial charge in [-0.2, -0.15) is 0 Å². The molecule has 0 saturated carbocycles. The highest BCUT2D eigenvalue weighted by molar-refractivity contribution is 7.89. The Morgan fingerprint density at radius 3 is 2.40 bits per heavy atom. The van der Waals surface area contributed by atoms with E-state index in [0.717, 1.165) is 23.3 Å². The number of carboxylic acid groups (broad SMARTS) is 1. The quantitative estimate of drug-likeness (QED) is 0.752. The third kappa shape index (κ3) is 5.04. The van der Waals surface area contributed by atoms with Gasteiger partial charge in [-0.15, -0.1) is 0 Å². The van der Waals surface area contributed by atoms with Crippen LogP contribution in [0.25, 0.3) is 0 Å². The highest BCUT2D eigenvalue weighted by Crippen LogP contribution is 2.18. The van der Waals surface area contributed by atoms with Crippen LogP contribution in [0.15, 0.2) is 47.4 Å².